The van der Waals surface area contributed by atoms with Crippen molar-refractivity contribution in [2.75, 3.05) is 20.1 Å². The molecule has 0 saturated heterocycles. The molecule has 144 valence electrons. The van der Waals surface area contributed by atoms with E-state index < -0.39 is 10.0 Å². The molecule has 0 aliphatic rings. The predicted molar refractivity (Wildman–Crippen MR) is 113 cm³/mol. The van der Waals surface area contributed by atoms with Crippen molar-refractivity contribution in [2.45, 2.75) is 24.3 Å². The summed E-state index contributed by atoms with van der Waals surface area (Å²) < 4.78 is 24.3. The Balaban J connectivity index is 0.00000338. The number of primary sulfonamides is 1. The van der Waals surface area contributed by atoms with Gasteiger partial charge in [0.15, 0.2) is 5.96 Å². The normalized spacial score (nSPS) is 11.7. The second-order valence-corrected chi connectivity index (χ2v) is 7.05. The van der Waals surface area contributed by atoms with E-state index in [0.29, 0.717) is 6.54 Å². The molecule has 0 amide bonds. The molecule has 0 atom stereocenters. The number of benzene rings is 1. The van der Waals surface area contributed by atoms with Gasteiger partial charge in [0.1, 0.15) is 0 Å². The minimum absolute atomic E-state index is 0. The average Bonchev–Trinajstić information content (AvgIpc) is 3.10. The Labute approximate surface area is 171 Å². The van der Waals surface area contributed by atoms with E-state index in [4.69, 9.17) is 5.14 Å². The molecule has 1 aromatic carbocycles. The summed E-state index contributed by atoms with van der Waals surface area (Å²) in [6.07, 6.45) is 5.40. The summed E-state index contributed by atoms with van der Waals surface area (Å²) in [4.78, 5) is 4.30. The molecule has 2 aromatic rings. The molecule has 10 heteroatoms. The fourth-order valence-corrected chi connectivity index (χ4v) is 2.79. The Morgan fingerprint density at radius 3 is 2.50 bits per heavy atom. The molecule has 0 unspecified atom stereocenters. The lowest BCUT2D eigenvalue weighted by Crippen LogP contribution is -2.39. The first-order valence-electron chi connectivity index (χ1n) is 8.03. The molecule has 0 spiro atoms. The second kappa shape index (κ2) is 11.1. The number of hydrogen-bond acceptors (Lipinski definition) is 4. The largest absolute Gasteiger partial charge is 0.356 e. The third-order valence-corrected chi connectivity index (χ3v) is 4.53. The first-order valence-corrected chi connectivity index (χ1v) is 9.57. The van der Waals surface area contributed by atoms with Crippen molar-refractivity contribution in [3.8, 4) is 0 Å². The van der Waals surface area contributed by atoms with Crippen molar-refractivity contribution in [3.05, 3.63) is 48.3 Å². The van der Waals surface area contributed by atoms with E-state index in [9.17, 15) is 8.42 Å². The zero-order valence-corrected chi connectivity index (χ0v) is 17.8. The van der Waals surface area contributed by atoms with E-state index in [-0.39, 0.29) is 28.9 Å². The monoisotopic (exact) mass is 492 g/mol. The number of aliphatic imine (C=N–C) groups is 1. The zero-order chi connectivity index (χ0) is 18.1. The summed E-state index contributed by atoms with van der Waals surface area (Å²) in [7, 11) is -1.91. The fourth-order valence-electron chi connectivity index (χ4n) is 2.27. The number of aromatic nitrogens is 2. The number of aryl methyl sites for hydroxylation is 1. The lowest BCUT2D eigenvalue weighted by molar-refractivity contribution is 0.570. The molecule has 0 radical (unpaired) electrons. The summed E-state index contributed by atoms with van der Waals surface area (Å²) in [6, 6.07) is 8.48. The van der Waals surface area contributed by atoms with Gasteiger partial charge < -0.3 is 10.6 Å². The molecule has 2 rings (SSSR count). The van der Waals surface area contributed by atoms with Crippen molar-refractivity contribution >= 4 is 40.0 Å². The van der Waals surface area contributed by atoms with Gasteiger partial charge >= 0.3 is 0 Å². The van der Waals surface area contributed by atoms with E-state index >= 15 is 0 Å². The van der Waals surface area contributed by atoms with E-state index in [1.165, 1.54) is 12.1 Å². The van der Waals surface area contributed by atoms with Crippen LogP contribution in [0.5, 0.6) is 0 Å². The molecular weight excluding hydrogens is 467 g/mol. The number of nitrogens with one attached hydrogen (secondary N) is 2. The third-order valence-electron chi connectivity index (χ3n) is 3.60. The molecule has 4 N–H and O–H groups in total. The lowest BCUT2D eigenvalue weighted by Gasteiger charge is -2.12. The van der Waals surface area contributed by atoms with Crippen molar-refractivity contribution < 1.29 is 8.42 Å². The molecule has 0 fully saturated rings. The van der Waals surface area contributed by atoms with Crippen molar-refractivity contribution in [1.82, 2.24) is 20.4 Å². The molecule has 26 heavy (non-hydrogen) atoms. The maximum Gasteiger partial charge on any atom is 0.238 e. The van der Waals surface area contributed by atoms with Gasteiger partial charge in [-0.15, -0.1) is 24.0 Å². The highest BCUT2D eigenvalue weighted by atomic mass is 127. The first kappa shape index (κ1) is 22.4. The van der Waals surface area contributed by atoms with Gasteiger partial charge in [0.2, 0.25) is 10.0 Å². The molecule has 8 nitrogen and oxygen atoms in total. The summed E-state index contributed by atoms with van der Waals surface area (Å²) in [5.41, 5.74) is 1.02. The smallest absolute Gasteiger partial charge is 0.238 e. The number of guanidine groups is 1. The van der Waals surface area contributed by atoms with Gasteiger partial charge in [0.25, 0.3) is 0 Å². The lowest BCUT2D eigenvalue weighted by atomic mass is 10.1. The van der Waals surface area contributed by atoms with Crippen molar-refractivity contribution in [1.29, 1.82) is 0 Å². The predicted octanol–water partition coefficient (Wildman–Crippen LogP) is 0.946. The van der Waals surface area contributed by atoms with E-state index in [1.54, 1.807) is 25.4 Å². The van der Waals surface area contributed by atoms with Gasteiger partial charge in [-0.3, -0.25) is 9.67 Å². The molecule has 0 saturated carbocycles. The van der Waals surface area contributed by atoms with Crippen molar-refractivity contribution in [2.24, 2.45) is 10.1 Å². The van der Waals surface area contributed by atoms with Crippen molar-refractivity contribution in [3.63, 3.8) is 0 Å². The molecule has 1 heterocycles. The summed E-state index contributed by atoms with van der Waals surface area (Å²) in [6.45, 7) is 2.34. The number of hydrogen-bond donors (Lipinski definition) is 3. The quantitative estimate of drug-likeness (QED) is 0.220. The average molecular weight is 492 g/mol. The Bertz CT molecular complexity index is 776. The van der Waals surface area contributed by atoms with E-state index in [0.717, 1.165) is 37.5 Å². The van der Waals surface area contributed by atoms with Crippen LogP contribution in [0.3, 0.4) is 0 Å². The minimum atomic E-state index is -3.64. The Hall–Kier alpha value is -1.66. The maximum absolute atomic E-state index is 11.2. The highest BCUT2D eigenvalue weighted by molar-refractivity contribution is 14.0. The van der Waals surface area contributed by atoms with Gasteiger partial charge in [-0.2, -0.15) is 5.10 Å². The third kappa shape index (κ3) is 7.70. The number of nitrogens with two attached hydrogens (primary N) is 1. The van der Waals surface area contributed by atoms with Crippen LogP contribution in [0.15, 0.2) is 52.6 Å². The standard InChI is InChI=1S/C16H24N6O2S.HI/c1-18-16(19-9-2-12-22-13-3-10-21-22)20-11-8-14-4-6-15(7-5-14)25(17,23)24;/h3-7,10,13H,2,8-9,11-12H2,1H3,(H2,17,23,24)(H2,18,19,20);1H. The van der Waals surface area contributed by atoms with Crippen LogP contribution in [0.4, 0.5) is 0 Å². The number of nitrogens with zero attached hydrogens (tertiary/aromatic N) is 3. The highest BCUT2D eigenvalue weighted by Gasteiger charge is 2.06. The zero-order valence-electron chi connectivity index (χ0n) is 14.6. The number of rotatable bonds is 8. The van der Waals surface area contributed by atoms with E-state index in [1.807, 2.05) is 16.9 Å². The summed E-state index contributed by atoms with van der Waals surface area (Å²) in [5, 5.41) is 15.7. The van der Waals surface area contributed by atoms with Crippen LogP contribution in [-0.2, 0) is 23.0 Å². The second-order valence-electron chi connectivity index (χ2n) is 5.49. The van der Waals surface area contributed by atoms with Gasteiger partial charge in [0, 0.05) is 39.1 Å². The van der Waals surface area contributed by atoms with Gasteiger partial charge in [-0.25, -0.2) is 13.6 Å². The fraction of sp³-hybridized carbons (Fsp3) is 0.375. The van der Waals surface area contributed by atoms with E-state index in [2.05, 4.69) is 20.7 Å². The molecule has 1 aromatic heterocycles. The molecular formula is C16H25IN6O2S. The summed E-state index contributed by atoms with van der Waals surface area (Å²) >= 11 is 0. The highest BCUT2D eigenvalue weighted by Crippen LogP contribution is 2.08. The van der Waals surface area contributed by atoms with Crippen LogP contribution in [0.25, 0.3) is 0 Å². The van der Waals surface area contributed by atoms with Crippen LogP contribution < -0.4 is 15.8 Å². The van der Waals surface area contributed by atoms with Crippen LogP contribution in [0.1, 0.15) is 12.0 Å². The maximum atomic E-state index is 11.2. The van der Waals surface area contributed by atoms with Crippen LogP contribution in [0.2, 0.25) is 0 Å². The van der Waals surface area contributed by atoms with Gasteiger partial charge in [-0.1, -0.05) is 12.1 Å². The Morgan fingerprint density at radius 1 is 1.23 bits per heavy atom. The van der Waals surface area contributed by atoms with Crippen LogP contribution in [-0.4, -0.2) is 44.3 Å². The molecule has 0 aliphatic carbocycles. The molecule has 0 aliphatic heterocycles. The van der Waals surface area contributed by atoms with Crippen LogP contribution >= 0.6 is 24.0 Å². The SMILES string of the molecule is CN=C(NCCCn1cccn1)NCCc1ccc(S(N)(=O)=O)cc1.I. The van der Waals surface area contributed by atoms with Gasteiger partial charge in [0.05, 0.1) is 4.90 Å². The van der Waals surface area contributed by atoms with Gasteiger partial charge in [-0.05, 0) is 36.6 Å². The summed E-state index contributed by atoms with van der Waals surface area (Å²) in [5.74, 6) is 0.738. The topological polar surface area (TPSA) is 114 Å². The minimum Gasteiger partial charge on any atom is -0.356 e. The number of sulfonamides is 1. The first-order chi connectivity index (χ1) is 12.0. The Morgan fingerprint density at radius 2 is 1.92 bits per heavy atom. The van der Waals surface area contributed by atoms with Crippen LogP contribution in [0, 0.1) is 0 Å². The Kier molecular flexibility index (Phi) is 9.59. The number of halogens is 1. The molecule has 0 bridgehead atoms.